The van der Waals surface area contributed by atoms with E-state index in [4.69, 9.17) is 0 Å². The normalized spacial score (nSPS) is 26.9. The van der Waals surface area contributed by atoms with Crippen LogP contribution in [-0.2, 0) is 4.79 Å². The smallest absolute Gasteiger partial charge is 0.220 e. The van der Waals surface area contributed by atoms with Gasteiger partial charge in [-0.1, -0.05) is 27.7 Å². The molecule has 4 nitrogen and oxygen atoms in total. The highest BCUT2D eigenvalue weighted by molar-refractivity contribution is 5.76. The summed E-state index contributed by atoms with van der Waals surface area (Å²) in [7, 11) is 0. The average Bonchev–Trinajstić information content (AvgIpc) is 2.61. The molecule has 0 aromatic carbocycles. The standard InChI is InChI=1S/C13H26N2O2/c1-10(12(2,3)4)7-11(16)15-9-13(17)5-6-14-8-13/h10,14,17H,5-9H2,1-4H3,(H,15,16). The molecule has 0 bridgehead atoms. The van der Waals surface area contributed by atoms with Crippen LogP contribution < -0.4 is 10.6 Å². The highest BCUT2D eigenvalue weighted by Gasteiger charge is 2.31. The van der Waals surface area contributed by atoms with Crippen molar-refractivity contribution >= 4 is 5.91 Å². The molecule has 1 saturated heterocycles. The van der Waals surface area contributed by atoms with Crippen LogP contribution in [-0.4, -0.2) is 36.2 Å². The minimum Gasteiger partial charge on any atom is -0.387 e. The SMILES string of the molecule is CC(CC(=O)NCC1(O)CCNC1)C(C)(C)C. The van der Waals surface area contributed by atoms with Crippen molar-refractivity contribution < 1.29 is 9.90 Å². The fourth-order valence-electron chi connectivity index (χ4n) is 1.80. The first-order chi connectivity index (χ1) is 7.73. The van der Waals surface area contributed by atoms with Crippen molar-refractivity contribution in [3.05, 3.63) is 0 Å². The third kappa shape index (κ3) is 4.64. The molecule has 100 valence electrons. The predicted octanol–water partition coefficient (Wildman–Crippen LogP) is 0.899. The van der Waals surface area contributed by atoms with Gasteiger partial charge in [-0.3, -0.25) is 4.79 Å². The van der Waals surface area contributed by atoms with Crippen LogP contribution in [0.3, 0.4) is 0 Å². The van der Waals surface area contributed by atoms with Crippen LogP contribution in [0.4, 0.5) is 0 Å². The number of aliphatic hydroxyl groups is 1. The lowest BCUT2D eigenvalue weighted by molar-refractivity contribution is -0.123. The van der Waals surface area contributed by atoms with Gasteiger partial charge in [0.2, 0.25) is 5.91 Å². The zero-order chi connectivity index (χ0) is 13.1. The van der Waals surface area contributed by atoms with E-state index >= 15 is 0 Å². The minimum atomic E-state index is -0.749. The van der Waals surface area contributed by atoms with Crippen molar-refractivity contribution in [1.29, 1.82) is 0 Å². The first kappa shape index (κ1) is 14.5. The number of β-amino-alcohol motifs (C(OH)–C–C–N with tert-alkyl or cyclic N) is 1. The van der Waals surface area contributed by atoms with Crippen LogP contribution in [0.5, 0.6) is 0 Å². The van der Waals surface area contributed by atoms with Gasteiger partial charge in [-0.2, -0.15) is 0 Å². The van der Waals surface area contributed by atoms with Crippen LogP contribution in [0.2, 0.25) is 0 Å². The summed E-state index contributed by atoms with van der Waals surface area (Å²) in [6, 6.07) is 0. The van der Waals surface area contributed by atoms with Crippen molar-refractivity contribution in [3.63, 3.8) is 0 Å². The molecule has 3 N–H and O–H groups in total. The minimum absolute atomic E-state index is 0.0350. The second kappa shape index (κ2) is 5.36. The molecule has 0 spiro atoms. The lowest BCUT2D eigenvalue weighted by Crippen LogP contribution is -2.45. The highest BCUT2D eigenvalue weighted by atomic mass is 16.3. The van der Waals surface area contributed by atoms with Gasteiger partial charge in [0.1, 0.15) is 0 Å². The third-order valence-corrected chi connectivity index (χ3v) is 3.81. The number of nitrogens with one attached hydrogen (secondary N) is 2. The van der Waals surface area contributed by atoms with Crippen molar-refractivity contribution in [2.75, 3.05) is 19.6 Å². The summed E-state index contributed by atoms with van der Waals surface area (Å²) in [6.45, 7) is 10.3. The van der Waals surface area contributed by atoms with Crippen molar-refractivity contribution in [2.24, 2.45) is 11.3 Å². The van der Waals surface area contributed by atoms with Gasteiger partial charge in [0.25, 0.3) is 0 Å². The summed E-state index contributed by atoms with van der Waals surface area (Å²) in [6.07, 6.45) is 1.23. The Balaban J connectivity index is 2.30. The fraction of sp³-hybridized carbons (Fsp3) is 0.923. The summed E-state index contributed by atoms with van der Waals surface area (Å²) >= 11 is 0. The monoisotopic (exact) mass is 242 g/mol. The van der Waals surface area contributed by atoms with Gasteiger partial charge < -0.3 is 15.7 Å². The Morgan fingerprint density at radius 2 is 2.18 bits per heavy atom. The van der Waals surface area contributed by atoms with E-state index in [1.54, 1.807) is 0 Å². The summed E-state index contributed by atoms with van der Waals surface area (Å²) in [5, 5.41) is 16.0. The summed E-state index contributed by atoms with van der Waals surface area (Å²) in [5.41, 5.74) is -0.607. The summed E-state index contributed by atoms with van der Waals surface area (Å²) in [4.78, 5) is 11.8. The molecule has 1 fully saturated rings. The molecule has 1 heterocycles. The van der Waals surface area contributed by atoms with E-state index in [0.717, 1.165) is 6.54 Å². The van der Waals surface area contributed by atoms with E-state index in [1.807, 2.05) is 0 Å². The first-order valence-electron chi connectivity index (χ1n) is 6.43. The second-order valence-corrected chi connectivity index (χ2v) is 6.40. The van der Waals surface area contributed by atoms with Gasteiger partial charge in [-0.05, 0) is 24.3 Å². The molecule has 1 amide bonds. The van der Waals surface area contributed by atoms with E-state index in [2.05, 4.69) is 38.3 Å². The third-order valence-electron chi connectivity index (χ3n) is 3.81. The molecular formula is C13H26N2O2. The largest absolute Gasteiger partial charge is 0.387 e. The molecule has 17 heavy (non-hydrogen) atoms. The van der Waals surface area contributed by atoms with Gasteiger partial charge in [0.05, 0.1) is 5.60 Å². The van der Waals surface area contributed by atoms with Gasteiger partial charge in [-0.15, -0.1) is 0 Å². The number of amides is 1. The quantitative estimate of drug-likeness (QED) is 0.686. The van der Waals surface area contributed by atoms with Gasteiger partial charge in [0.15, 0.2) is 0 Å². The van der Waals surface area contributed by atoms with Crippen LogP contribution in [0, 0.1) is 11.3 Å². The lowest BCUT2D eigenvalue weighted by atomic mass is 9.80. The van der Waals surface area contributed by atoms with Crippen LogP contribution in [0.25, 0.3) is 0 Å². The van der Waals surface area contributed by atoms with E-state index in [9.17, 15) is 9.90 Å². The summed E-state index contributed by atoms with van der Waals surface area (Å²) < 4.78 is 0. The Hall–Kier alpha value is -0.610. The molecular weight excluding hydrogens is 216 g/mol. The summed E-state index contributed by atoms with van der Waals surface area (Å²) in [5.74, 6) is 0.367. The molecule has 0 saturated carbocycles. The maximum atomic E-state index is 11.8. The predicted molar refractivity (Wildman–Crippen MR) is 68.7 cm³/mol. The highest BCUT2D eigenvalue weighted by Crippen LogP contribution is 2.27. The van der Waals surface area contributed by atoms with Crippen molar-refractivity contribution in [1.82, 2.24) is 10.6 Å². The van der Waals surface area contributed by atoms with Gasteiger partial charge >= 0.3 is 0 Å². The van der Waals surface area contributed by atoms with E-state index in [-0.39, 0.29) is 11.3 Å². The van der Waals surface area contributed by atoms with Crippen LogP contribution in [0.1, 0.15) is 40.5 Å². The molecule has 0 aromatic heterocycles. The van der Waals surface area contributed by atoms with Gasteiger partial charge in [0, 0.05) is 19.5 Å². The molecule has 1 aliphatic heterocycles. The molecule has 2 atom stereocenters. The van der Waals surface area contributed by atoms with Crippen molar-refractivity contribution in [2.45, 2.75) is 46.1 Å². The molecule has 1 aliphatic rings. The Bertz CT molecular complexity index is 265. The first-order valence-corrected chi connectivity index (χ1v) is 6.43. The number of hydrogen-bond donors (Lipinski definition) is 3. The Kier molecular flexibility index (Phi) is 4.55. The zero-order valence-corrected chi connectivity index (χ0v) is 11.5. The molecule has 4 heteroatoms. The molecule has 0 radical (unpaired) electrons. The maximum absolute atomic E-state index is 11.8. The molecule has 0 aliphatic carbocycles. The number of carbonyl (C=O) groups is 1. The fourth-order valence-corrected chi connectivity index (χ4v) is 1.80. The molecule has 0 aromatic rings. The molecule has 1 rings (SSSR count). The van der Waals surface area contributed by atoms with E-state index in [1.165, 1.54) is 0 Å². The Morgan fingerprint density at radius 3 is 2.65 bits per heavy atom. The maximum Gasteiger partial charge on any atom is 0.220 e. The van der Waals surface area contributed by atoms with Crippen LogP contribution in [0.15, 0.2) is 0 Å². The average molecular weight is 242 g/mol. The number of hydrogen-bond acceptors (Lipinski definition) is 3. The van der Waals surface area contributed by atoms with Crippen LogP contribution >= 0.6 is 0 Å². The second-order valence-electron chi connectivity index (χ2n) is 6.40. The Morgan fingerprint density at radius 1 is 1.53 bits per heavy atom. The van der Waals surface area contributed by atoms with Crippen molar-refractivity contribution in [3.8, 4) is 0 Å². The zero-order valence-electron chi connectivity index (χ0n) is 11.5. The van der Waals surface area contributed by atoms with E-state index in [0.29, 0.717) is 31.8 Å². The van der Waals surface area contributed by atoms with E-state index < -0.39 is 5.60 Å². The lowest BCUT2D eigenvalue weighted by Gasteiger charge is -2.27. The topological polar surface area (TPSA) is 61.4 Å². The molecule has 2 unspecified atom stereocenters. The number of rotatable bonds is 4. The number of carbonyl (C=O) groups excluding carboxylic acids is 1. The Labute approximate surface area is 104 Å². The van der Waals surface area contributed by atoms with Gasteiger partial charge in [-0.25, -0.2) is 0 Å².